The summed E-state index contributed by atoms with van der Waals surface area (Å²) >= 11 is 3.36. The van der Waals surface area contributed by atoms with Gasteiger partial charge in [0.15, 0.2) is 0 Å². The molecule has 3 aromatic rings. The van der Waals surface area contributed by atoms with Crippen LogP contribution in [-0.4, -0.2) is 53.8 Å². The molecule has 0 unspecified atom stereocenters. The zero-order valence-electron chi connectivity index (χ0n) is 18.7. The highest BCUT2D eigenvalue weighted by Crippen LogP contribution is 2.49. The van der Waals surface area contributed by atoms with Gasteiger partial charge in [-0.15, -0.1) is 0 Å². The maximum absolute atomic E-state index is 12.6. The van der Waals surface area contributed by atoms with Gasteiger partial charge in [-0.3, -0.25) is 9.88 Å². The van der Waals surface area contributed by atoms with Gasteiger partial charge in [-0.1, -0.05) is 12.1 Å². The third-order valence-corrected chi connectivity index (χ3v) is 7.59. The number of aromatic nitrogens is 2. The number of methoxy groups -OCH3 is 1. The van der Waals surface area contributed by atoms with Crippen LogP contribution in [0.25, 0.3) is 10.9 Å². The maximum atomic E-state index is 12.6. The number of piperidine rings is 1. The third kappa shape index (κ3) is 3.38. The van der Waals surface area contributed by atoms with Gasteiger partial charge in [-0.2, -0.15) is 0 Å². The number of carbonyl (C=O) groups is 1. The van der Waals surface area contributed by atoms with Crippen molar-refractivity contribution >= 4 is 32.8 Å². The zero-order valence-corrected chi connectivity index (χ0v) is 20.3. The van der Waals surface area contributed by atoms with Gasteiger partial charge in [0.05, 0.1) is 12.2 Å². The molecular weight excluding hydrogens is 470 g/mol. The summed E-state index contributed by atoms with van der Waals surface area (Å²) in [5.41, 5.74) is 3.96. The van der Waals surface area contributed by atoms with E-state index in [0.29, 0.717) is 12.2 Å². The predicted molar refractivity (Wildman–Crippen MR) is 127 cm³/mol. The molecule has 5 rings (SSSR count). The van der Waals surface area contributed by atoms with Crippen LogP contribution in [-0.2, 0) is 28.0 Å². The van der Waals surface area contributed by atoms with Crippen LogP contribution < -0.4 is 0 Å². The molecule has 1 aromatic carbocycles. The molecule has 3 heterocycles. The lowest BCUT2D eigenvalue weighted by molar-refractivity contribution is -0.131. The molecule has 7 heteroatoms. The van der Waals surface area contributed by atoms with E-state index in [2.05, 4.69) is 68.7 Å². The molecule has 1 aliphatic carbocycles. The smallest absolute Gasteiger partial charge is 0.339 e. The van der Waals surface area contributed by atoms with E-state index >= 15 is 0 Å². The molecule has 2 aromatic heterocycles. The van der Waals surface area contributed by atoms with Crippen LogP contribution >= 0.6 is 15.9 Å². The van der Waals surface area contributed by atoms with Crippen molar-refractivity contribution in [2.24, 2.45) is 5.92 Å². The fraction of sp³-hybridized carbons (Fsp3) is 0.440. The molecular formula is C25H28BrN3O3. The Morgan fingerprint density at radius 3 is 2.94 bits per heavy atom. The lowest BCUT2D eigenvalue weighted by atomic mass is 9.69. The number of fused-ring (bicyclic) bond motifs is 2. The average molecular weight is 498 g/mol. The zero-order chi connectivity index (χ0) is 22.5. The first-order valence-electron chi connectivity index (χ1n) is 11.1. The number of halogens is 1. The van der Waals surface area contributed by atoms with Crippen LogP contribution in [0.15, 0.2) is 47.3 Å². The predicted octanol–water partition coefficient (Wildman–Crippen LogP) is 4.39. The highest BCUT2D eigenvalue weighted by molar-refractivity contribution is 9.10. The average Bonchev–Trinajstić information content (AvgIpc) is 3.17. The molecule has 1 fully saturated rings. The molecule has 2 aliphatic rings. The number of hydrogen-bond donors (Lipinski definition) is 0. The van der Waals surface area contributed by atoms with Gasteiger partial charge in [0.1, 0.15) is 5.60 Å². The van der Waals surface area contributed by atoms with E-state index in [9.17, 15) is 4.79 Å². The number of aryl methyl sites for hydroxylation is 1. The SMILES string of the molecule is CCn1cc2c3c(cccc31)[C@@]1(OC)C[C@@H](COC(=O)c3cncc(Br)c3)CN(C)[C@@H]1C2. The number of likely N-dealkylation sites (tertiary alicyclic amines) is 1. The van der Waals surface area contributed by atoms with E-state index in [4.69, 9.17) is 9.47 Å². The molecule has 168 valence electrons. The van der Waals surface area contributed by atoms with Gasteiger partial charge in [0.25, 0.3) is 0 Å². The lowest BCUT2D eigenvalue weighted by Crippen LogP contribution is -2.59. The summed E-state index contributed by atoms with van der Waals surface area (Å²) in [6, 6.07) is 8.54. The van der Waals surface area contributed by atoms with Crippen LogP contribution in [0.4, 0.5) is 0 Å². The second kappa shape index (κ2) is 8.28. The van der Waals surface area contributed by atoms with Crippen molar-refractivity contribution < 1.29 is 14.3 Å². The highest BCUT2D eigenvalue weighted by atomic mass is 79.9. The first-order valence-corrected chi connectivity index (χ1v) is 11.9. The van der Waals surface area contributed by atoms with Gasteiger partial charge in [0, 0.05) is 66.1 Å². The summed E-state index contributed by atoms with van der Waals surface area (Å²) in [7, 11) is 3.98. The molecule has 1 aliphatic heterocycles. The standard InChI is InChI=1S/C25H28BrN3O3/c1-4-29-14-18-9-22-25(31-3,20-6-5-7-21(29)23(18)20)10-16(13-28(22)2)15-32-24(30)17-8-19(26)12-27-11-17/h5-8,11-12,14,16,22H,4,9-10,13,15H2,1-3H3/t16-,22-,25+/m1/s1. The van der Waals surface area contributed by atoms with Crippen molar-refractivity contribution in [3.63, 3.8) is 0 Å². The molecule has 0 spiro atoms. The number of nitrogens with zero attached hydrogens (tertiary/aromatic N) is 3. The van der Waals surface area contributed by atoms with Crippen LogP contribution in [0.5, 0.6) is 0 Å². The minimum atomic E-state index is -0.423. The number of rotatable bonds is 5. The first-order chi connectivity index (χ1) is 15.5. The maximum Gasteiger partial charge on any atom is 0.339 e. The Bertz CT molecular complexity index is 1180. The summed E-state index contributed by atoms with van der Waals surface area (Å²) < 4.78 is 15.2. The van der Waals surface area contributed by atoms with E-state index in [0.717, 1.165) is 30.4 Å². The number of likely N-dealkylation sites (N-methyl/N-ethyl adjacent to an activating group) is 1. The van der Waals surface area contributed by atoms with Crippen LogP contribution in [0, 0.1) is 5.92 Å². The number of hydrogen-bond acceptors (Lipinski definition) is 5. The summed E-state index contributed by atoms with van der Waals surface area (Å²) in [6.07, 6.45) is 7.27. The first kappa shape index (κ1) is 21.6. The van der Waals surface area contributed by atoms with E-state index in [-0.39, 0.29) is 17.9 Å². The van der Waals surface area contributed by atoms with Gasteiger partial charge in [-0.05, 0) is 66.0 Å². The second-order valence-electron chi connectivity index (χ2n) is 8.95. The summed E-state index contributed by atoms with van der Waals surface area (Å²) in [5, 5.41) is 1.33. The molecule has 0 N–H and O–H groups in total. The van der Waals surface area contributed by atoms with E-state index < -0.39 is 5.60 Å². The van der Waals surface area contributed by atoms with Crippen molar-refractivity contribution in [2.45, 2.75) is 38.0 Å². The molecule has 3 atom stereocenters. The van der Waals surface area contributed by atoms with Crippen molar-refractivity contribution in [3.8, 4) is 0 Å². The molecule has 6 nitrogen and oxygen atoms in total. The Hall–Kier alpha value is -2.22. The van der Waals surface area contributed by atoms with Crippen LogP contribution in [0.3, 0.4) is 0 Å². The Balaban J connectivity index is 1.44. The molecule has 1 saturated heterocycles. The third-order valence-electron chi connectivity index (χ3n) is 7.16. The normalized spacial score (nSPS) is 25.0. The lowest BCUT2D eigenvalue weighted by Gasteiger charge is -2.53. The van der Waals surface area contributed by atoms with Crippen molar-refractivity contribution in [2.75, 3.05) is 27.3 Å². The number of carbonyl (C=O) groups excluding carboxylic acids is 1. The second-order valence-corrected chi connectivity index (χ2v) is 9.87. The van der Waals surface area contributed by atoms with Crippen LogP contribution in [0.1, 0.15) is 34.8 Å². The topological polar surface area (TPSA) is 56.6 Å². The fourth-order valence-electron chi connectivity index (χ4n) is 5.79. The van der Waals surface area contributed by atoms with Gasteiger partial charge < -0.3 is 14.0 Å². The quantitative estimate of drug-likeness (QED) is 0.489. The monoisotopic (exact) mass is 497 g/mol. The molecule has 0 saturated carbocycles. The number of ether oxygens (including phenoxy) is 2. The molecule has 0 radical (unpaired) electrons. The van der Waals surface area contributed by atoms with E-state index in [1.165, 1.54) is 28.2 Å². The largest absolute Gasteiger partial charge is 0.462 e. The van der Waals surface area contributed by atoms with Crippen molar-refractivity contribution in [1.29, 1.82) is 0 Å². The van der Waals surface area contributed by atoms with Gasteiger partial charge in [-0.25, -0.2) is 4.79 Å². The Morgan fingerprint density at radius 1 is 1.34 bits per heavy atom. The Morgan fingerprint density at radius 2 is 2.19 bits per heavy atom. The molecule has 0 bridgehead atoms. The Labute approximate surface area is 196 Å². The molecule has 0 amide bonds. The molecule has 32 heavy (non-hydrogen) atoms. The van der Waals surface area contributed by atoms with E-state index in [1.54, 1.807) is 12.3 Å². The summed E-state index contributed by atoms with van der Waals surface area (Å²) in [5.74, 6) is -0.173. The number of benzene rings is 1. The highest BCUT2D eigenvalue weighted by Gasteiger charge is 2.51. The van der Waals surface area contributed by atoms with Crippen molar-refractivity contribution in [3.05, 3.63) is 64.0 Å². The minimum absolute atomic E-state index is 0.172. The summed E-state index contributed by atoms with van der Waals surface area (Å²) in [4.78, 5) is 19.0. The number of esters is 1. The van der Waals surface area contributed by atoms with E-state index in [1.807, 2.05) is 7.11 Å². The number of pyridine rings is 1. The van der Waals surface area contributed by atoms with Crippen molar-refractivity contribution in [1.82, 2.24) is 14.5 Å². The summed E-state index contributed by atoms with van der Waals surface area (Å²) in [6.45, 7) is 4.35. The van der Waals surface area contributed by atoms with Gasteiger partial charge >= 0.3 is 5.97 Å². The van der Waals surface area contributed by atoms with Crippen LogP contribution in [0.2, 0.25) is 0 Å². The minimum Gasteiger partial charge on any atom is -0.462 e. The fourth-order valence-corrected chi connectivity index (χ4v) is 6.15. The Kier molecular flexibility index (Phi) is 5.60. The van der Waals surface area contributed by atoms with Gasteiger partial charge in [0.2, 0.25) is 0 Å².